The minimum absolute atomic E-state index is 0.543. The molecule has 1 aromatic heterocycles. The van der Waals surface area contributed by atoms with Crippen LogP contribution < -0.4 is 11.1 Å². The third kappa shape index (κ3) is 2.79. The van der Waals surface area contributed by atoms with Crippen molar-refractivity contribution < 1.29 is 0 Å². The molecule has 2 rings (SSSR count). The van der Waals surface area contributed by atoms with Crippen LogP contribution in [0.1, 0.15) is 18.9 Å². The summed E-state index contributed by atoms with van der Waals surface area (Å²) < 4.78 is 0.990. The summed E-state index contributed by atoms with van der Waals surface area (Å²) in [6.07, 6.45) is 3.34. The summed E-state index contributed by atoms with van der Waals surface area (Å²) in [6.45, 7) is 2.11. The number of hydrogen-bond donors (Lipinski definition) is 2. The highest BCUT2D eigenvalue weighted by atomic mass is 79.9. The van der Waals surface area contributed by atoms with Gasteiger partial charge in [-0.2, -0.15) is 0 Å². The molecule has 0 aliphatic rings. The first-order chi connectivity index (χ1) is 8.72. The van der Waals surface area contributed by atoms with Crippen LogP contribution in [0.3, 0.4) is 0 Å². The fourth-order valence-electron chi connectivity index (χ4n) is 1.72. The number of anilines is 3. The molecule has 0 radical (unpaired) electrons. The van der Waals surface area contributed by atoms with Gasteiger partial charge in [-0.25, -0.2) is 9.97 Å². The largest absolute Gasteiger partial charge is 0.383 e. The molecule has 1 heterocycles. The van der Waals surface area contributed by atoms with Crippen molar-refractivity contribution in [1.82, 2.24) is 9.97 Å². The van der Waals surface area contributed by atoms with Crippen molar-refractivity contribution in [1.29, 1.82) is 0 Å². The number of halogens is 1. The van der Waals surface area contributed by atoms with Gasteiger partial charge in [0.25, 0.3) is 0 Å². The van der Waals surface area contributed by atoms with Gasteiger partial charge in [0.15, 0.2) is 0 Å². The van der Waals surface area contributed by atoms with Crippen molar-refractivity contribution >= 4 is 33.3 Å². The van der Waals surface area contributed by atoms with Crippen LogP contribution in [-0.4, -0.2) is 9.97 Å². The van der Waals surface area contributed by atoms with E-state index in [-0.39, 0.29) is 0 Å². The second-order valence-corrected chi connectivity index (χ2v) is 4.80. The molecule has 0 spiro atoms. The van der Waals surface area contributed by atoms with Gasteiger partial charge in [-0.15, -0.1) is 0 Å². The highest BCUT2D eigenvalue weighted by Gasteiger charge is 2.09. The molecule has 4 nitrogen and oxygen atoms in total. The Morgan fingerprint density at radius 1 is 1.28 bits per heavy atom. The first-order valence-corrected chi connectivity index (χ1v) is 6.62. The number of rotatable bonds is 4. The normalized spacial score (nSPS) is 10.3. The molecular weight excluding hydrogens is 292 g/mol. The Kier molecular flexibility index (Phi) is 4.15. The number of nitrogens with two attached hydrogens (primary N) is 1. The van der Waals surface area contributed by atoms with Gasteiger partial charge in [0.2, 0.25) is 0 Å². The van der Waals surface area contributed by atoms with E-state index in [1.807, 2.05) is 24.3 Å². The van der Waals surface area contributed by atoms with E-state index in [9.17, 15) is 0 Å². The van der Waals surface area contributed by atoms with Crippen molar-refractivity contribution in [3.8, 4) is 0 Å². The lowest BCUT2D eigenvalue weighted by Gasteiger charge is -2.12. The van der Waals surface area contributed by atoms with E-state index in [4.69, 9.17) is 5.73 Å². The molecule has 94 valence electrons. The molecule has 0 aliphatic heterocycles. The second-order valence-electron chi connectivity index (χ2n) is 3.94. The van der Waals surface area contributed by atoms with Crippen molar-refractivity contribution in [3.63, 3.8) is 0 Å². The predicted molar refractivity (Wildman–Crippen MR) is 77.9 cm³/mol. The lowest BCUT2D eigenvalue weighted by molar-refractivity contribution is 0.908. The Hall–Kier alpha value is -1.62. The monoisotopic (exact) mass is 306 g/mol. The number of benzene rings is 1. The Labute approximate surface area is 115 Å². The minimum Gasteiger partial charge on any atom is -0.383 e. The van der Waals surface area contributed by atoms with Gasteiger partial charge in [0, 0.05) is 10.0 Å². The first kappa shape index (κ1) is 12.8. The van der Waals surface area contributed by atoms with Crippen LogP contribution in [0.5, 0.6) is 0 Å². The molecule has 0 amide bonds. The summed E-state index contributed by atoms with van der Waals surface area (Å²) in [5, 5.41) is 3.29. The van der Waals surface area contributed by atoms with Gasteiger partial charge in [0.1, 0.15) is 18.0 Å². The van der Waals surface area contributed by atoms with Crippen molar-refractivity contribution in [3.05, 3.63) is 40.6 Å². The lowest BCUT2D eigenvalue weighted by atomic mass is 10.1. The Morgan fingerprint density at radius 3 is 2.78 bits per heavy atom. The fourth-order valence-corrected chi connectivity index (χ4v) is 2.10. The maximum atomic E-state index is 5.90. The number of aromatic nitrogens is 2. The van der Waals surface area contributed by atoms with Gasteiger partial charge in [-0.1, -0.05) is 25.5 Å². The average Bonchev–Trinajstić information content (AvgIpc) is 2.36. The van der Waals surface area contributed by atoms with Gasteiger partial charge in [0.05, 0.1) is 5.69 Å². The number of hydrogen-bond acceptors (Lipinski definition) is 4. The quantitative estimate of drug-likeness (QED) is 0.907. The standard InChI is InChI=1S/C13H15BrN4/c1-2-5-9-12(15)16-8-17-13(9)18-11-7-4-3-6-10(11)14/h3-4,6-8H,2,5H2,1H3,(H3,15,16,17,18). The smallest absolute Gasteiger partial charge is 0.139 e. The third-order valence-electron chi connectivity index (χ3n) is 2.61. The first-order valence-electron chi connectivity index (χ1n) is 5.83. The highest BCUT2D eigenvalue weighted by Crippen LogP contribution is 2.27. The molecule has 1 aromatic carbocycles. The molecule has 0 saturated heterocycles. The molecule has 3 N–H and O–H groups in total. The van der Waals surface area contributed by atoms with Crippen LogP contribution in [0.4, 0.5) is 17.3 Å². The SMILES string of the molecule is CCCc1c(N)ncnc1Nc1ccccc1Br. The zero-order valence-electron chi connectivity index (χ0n) is 10.2. The van der Waals surface area contributed by atoms with E-state index < -0.39 is 0 Å². The van der Waals surface area contributed by atoms with Crippen LogP contribution in [0.25, 0.3) is 0 Å². The Bertz CT molecular complexity index is 542. The molecular formula is C13H15BrN4. The summed E-state index contributed by atoms with van der Waals surface area (Å²) in [6, 6.07) is 7.90. The molecule has 0 fully saturated rings. The van der Waals surface area contributed by atoms with Gasteiger partial charge >= 0.3 is 0 Å². The molecule has 0 unspecified atom stereocenters. The number of para-hydroxylation sites is 1. The maximum absolute atomic E-state index is 5.90. The molecule has 5 heteroatoms. The Balaban J connectivity index is 2.34. The van der Waals surface area contributed by atoms with E-state index in [1.54, 1.807) is 0 Å². The summed E-state index contributed by atoms with van der Waals surface area (Å²) >= 11 is 3.50. The summed E-state index contributed by atoms with van der Waals surface area (Å²) in [5.74, 6) is 1.32. The van der Waals surface area contributed by atoms with Crippen molar-refractivity contribution in [2.45, 2.75) is 19.8 Å². The van der Waals surface area contributed by atoms with Crippen LogP contribution in [0, 0.1) is 0 Å². The number of nitrogens with zero attached hydrogens (tertiary/aromatic N) is 2. The van der Waals surface area contributed by atoms with E-state index >= 15 is 0 Å². The lowest BCUT2D eigenvalue weighted by Crippen LogP contribution is -2.05. The highest BCUT2D eigenvalue weighted by molar-refractivity contribution is 9.10. The molecule has 18 heavy (non-hydrogen) atoms. The fraction of sp³-hybridized carbons (Fsp3) is 0.231. The zero-order valence-corrected chi connectivity index (χ0v) is 11.7. The van der Waals surface area contributed by atoms with E-state index in [1.165, 1.54) is 6.33 Å². The number of nitrogen functional groups attached to an aromatic ring is 1. The van der Waals surface area contributed by atoms with Crippen LogP contribution in [0.15, 0.2) is 35.1 Å². The van der Waals surface area contributed by atoms with Gasteiger partial charge < -0.3 is 11.1 Å². The van der Waals surface area contributed by atoms with E-state index in [0.29, 0.717) is 5.82 Å². The summed E-state index contributed by atoms with van der Waals surface area (Å²) in [7, 11) is 0. The second kappa shape index (κ2) is 5.82. The summed E-state index contributed by atoms with van der Waals surface area (Å²) in [4.78, 5) is 8.31. The zero-order chi connectivity index (χ0) is 13.0. The van der Waals surface area contributed by atoms with Crippen molar-refractivity contribution in [2.75, 3.05) is 11.1 Å². The molecule has 2 aromatic rings. The maximum Gasteiger partial charge on any atom is 0.139 e. The molecule has 0 aliphatic carbocycles. The van der Waals surface area contributed by atoms with E-state index in [2.05, 4.69) is 38.1 Å². The minimum atomic E-state index is 0.543. The number of nitrogens with one attached hydrogen (secondary N) is 1. The van der Waals surface area contributed by atoms with E-state index in [0.717, 1.165) is 34.4 Å². The van der Waals surface area contributed by atoms with Crippen LogP contribution in [0.2, 0.25) is 0 Å². The predicted octanol–water partition coefficient (Wildman–Crippen LogP) is 3.52. The Morgan fingerprint density at radius 2 is 2.06 bits per heavy atom. The molecule has 0 atom stereocenters. The van der Waals surface area contributed by atoms with Gasteiger partial charge in [-0.3, -0.25) is 0 Å². The van der Waals surface area contributed by atoms with Crippen LogP contribution >= 0.6 is 15.9 Å². The molecule has 0 saturated carbocycles. The topological polar surface area (TPSA) is 63.8 Å². The third-order valence-corrected chi connectivity index (χ3v) is 3.30. The summed E-state index contributed by atoms with van der Waals surface area (Å²) in [5.41, 5.74) is 7.83. The van der Waals surface area contributed by atoms with Crippen LogP contribution in [-0.2, 0) is 6.42 Å². The van der Waals surface area contributed by atoms with Crippen molar-refractivity contribution in [2.24, 2.45) is 0 Å². The average molecular weight is 307 g/mol. The molecule has 0 bridgehead atoms. The van der Waals surface area contributed by atoms with Gasteiger partial charge in [-0.05, 0) is 34.5 Å².